The molecule has 0 aromatic heterocycles. The number of hydrogen-bond donors (Lipinski definition) is 3. The molecule has 2 fully saturated rings. The average molecular weight is 900 g/mol. The van der Waals surface area contributed by atoms with E-state index >= 15 is 0 Å². The van der Waals surface area contributed by atoms with Gasteiger partial charge in [-0.2, -0.15) is 5.09 Å². The summed E-state index contributed by atoms with van der Waals surface area (Å²) in [5, 5.41) is 24.9. The van der Waals surface area contributed by atoms with Crippen LogP contribution in [0, 0.1) is 5.92 Å². The van der Waals surface area contributed by atoms with Gasteiger partial charge in [0.25, 0.3) is 0 Å². The Kier molecular flexibility index (Phi) is 14.1. The molecule has 348 valence electrons. The summed E-state index contributed by atoms with van der Waals surface area (Å²) in [4.78, 5) is 62.4. The standard InChI is InChI=1S/C28H35N2O10P.C13H19NO5.CH4.6H2/c1-16(2)37-28(34)17(3)29-41(35,40-22-12-8-10-19-9-6-7-11-21(19)22)39-18(4)25-24(33)26(36-5)27(38-25)30-14-13-20(31)15-23(30)32;1-7-11(8(2)15)19-13(12(7)18-3)14-5-4-9(16)6-10(14)17;;;;;;;/h6-14,16-18,24-27,33H,15H2,1-5H3,(H,29,35);4-5,7-8,11-13,15H,6H2,1-3H3;1H4;6*1H/t17-,18?,24+,25+,26+,27+,41?;7-,8?,11?,12-,13-;;;;;;;/m01......./s1/i;;;6*1+1D. The zero-order valence-corrected chi connectivity index (χ0v) is 35.6. The van der Waals surface area contributed by atoms with Crippen molar-refractivity contribution in [3.8, 4) is 5.75 Å². The fourth-order valence-corrected chi connectivity index (χ4v) is 9.10. The molecule has 0 radical (unpaired) electrons. The summed E-state index contributed by atoms with van der Waals surface area (Å²) in [6, 6.07) is 11.4. The number of methoxy groups -OCH3 is 2. The first-order valence-corrected chi connectivity index (χ1v) is 21.1. The predicted molar refractivity (Wildman–Crippen MR) is 233 cm³/mol. The highest BCUT2D eigenvalue weighted by Gasteiger charge is 2.52. The summed E-state index contributed by atoms with van der Waals surface area (Å²) < 4.78 is 114. The van der Waals surface area contributed by atoms with Crippen LogP contribution in [-0.4, -0.2) is 131 Å². The van der Waals surface area contributed by atoms with E-state index in [4.69, 9.17) is 50.5 Å². The number of ether oxygens (including phenoxy) is 5. The number of hydrogen-bond acceptors (Lipinski definition) is 15. The Hall–Kier alpha value is -4.36. The highest BCUT2D eigenvalue weighted by molar-refractivity contribution is 7.52. The molecule has 4 aliphatic heterocycles. The largest absolute Gasteiger partial charge is 0.462 e. The lowest BCUT2D eigenvalue weighted by molar-refractivity contribution is -0.152. The molecule has 2 aromatic rings. The third-order valence-corrected chi connectivity index (χ3v) is 12.0. The van der Waals surface area contributed by atoms with E-state index in [1.165, 1.54) is 55.3 Å². The molecule has 19 heteroatoms. The number of nitrogens with zero attached hydrogens (tertiary/aromatic N) is 2. The Bertz CT molecular complexity index is 2050. The second-order valence-corrected chi connectivity index (χ2v) is 16.9. The molecule has 2 amide bonds. The van der Waals surface area contributed by atoms with Gasteiger partial charge < -0.3 is 38.4 Å². The van der Waals surface area contributed by atoms with Crippen LogP contribution in [0.3, 0.4) is 0 Å². The number of amides is 2. The smallest absolute Gasteiger partial charge is 0.459 e. The van der Waals surface area contributed by atoms with Gasteiger partial charge >= 0.3 is 13.7 Å². The minimum Gasteiger partial charge on any atom is -0.462 e. The molecular weight excluding hydrogens is 817 g/mol. The molecule has 0 spiro atoms. The molecule has 4 aliphatic rings. The molecule has 2 aromatic carbocycles. The SMILES string of the molecule is C.CO[C@@H]1[C@H](C)C(C(C)O)O[C@H]1N1C=CC(=O)CC1=O.CO[C@@H]1[C@H](O)[C@@H](C(C)OP(=O)(N[C@@H](C)C(=O)OC(C)C)Oc2cccc3ccccc23)O[C@H]1N1C=CC(=O)CC1=O.[2H][2H].[2H][2H].[2H][2H].[2H][2H].[2H][2H].[2H][2H]. The average Bonchev–Trinajstić information content (AvgIpc) is 3.90. The van der Waals surface area contributed by atoms with Crippen LogP contribution in [0.15, 0.2) is 67.0 Å². The van der Waals surface area contributed by atoms with Gasteiger partial charge in [0.2, 0.25) is 11.8 Å². The molecule has 0 bridgehead atoms. The topological polar surface area (TPSA) is 226 Å². The molecule has 3 N–H and O–H groups in total. The van der Waals surface area contributed by atoms with Crippen LogP contribution >= 0.6 is 7.75 Å². The predicted octanol–water partition coefficient (Wildman–Crippen LogP) is 5.25. The lowest BCUT2D eigenvalue weighted by Gasteiger charge is -2.31. The number of carbonyl (C=O) groups excluding carboxylic acids is 5. The van der Waals surface area contributed by atoms with Crippen LogP contribution in [0.5, 0.6) is 5.75 Å². The molecule has 12 atom stereocenters. The van der Waals surface area contributed by atoms with Gasteiger partial charge in [-0.1, -0.05) is 50.7 Å². The van der Waals surface area contributed by atoms with Gasteiger partial charge in [-0.15, -0.1) is 0 Å². The molecule has 0 aliphatic carbocycles. The zero-order chi connectivity index (χ0) is 56.1. The van der Waals surface area contributed by atoms with E-state index < -0.39 is 80.8 Å². The zero-order valence-electron chi connectivity index (χ0n) is 46.7. The molecule has 0 saturated carbocycles. The van der Waals surface area contributed by atoms with Gasteiger partial charge in [-0.3, -0.25) is 38.3 Å². The van der Waals surface area contributed by atoms with Gasteiger partial charge in [-0.05, 0) is 58.2 Å². The van der Waals surface area contributed by atoms with Gasteiger partial charge in [0.05, 0.1) is 37.3 Å². The monoisotopic (exact) mass is 900 g/mol. The fourth-order valence-electron chi connectivity index (χ4n) is 7.39. The molecule has 61 heavy (non-hydrogen) atoms. The van der Waals surface area contributed by atoms with Crippen molar-refractivity contribution in [1.29, 1.82) is 0 Å². The van der Waals surface area contributed by atoms with Crippen molar-refractivity contribution < 1.29 is 89.3 Å². The number of benzene rings is 2. The maximum Gasteiger partial charge on any atom is 0.459 e. The lowest BCUT2D eigenvalue weighted by atomic mass is 9.96. The highest BCUT2D eigenvalue weighted by Crippen LogP contribution is 2.49. The van der Waals surface area contributed by atoms with E-state index in [0.29, 0.717) is 5.39 Å². The summed E-state index contributed by atoms with van der Waals surface area (Å²) >= 11 is 0. The van der Waals surface area contributed by atoms with Crippen molar-refractivity contribution in [2.45, 2.75) is 129 Å². The number of nitrogens with one attached hydrogen (secondary N) is 1. The first kappa shape index (κ1) is 40.7. The molecule has 4 heterocycles. The number of fused-ring (bicyclic) bond motifs is 1. The number of aliphatic hydroxyl groups is 2. The van der Waals surface area contributed by atoms with Crippen molar-refractivity contribution in [3.05, 3.63) is 67.0 Å². The third kappa shape index (κ3) is 11.6. The van der Waals surface area contributed by atoms with Crippen LogP contribution in [0.4, 0.5) is 0 Å². The van der Waals surface area contributed by atoms with E-state index in [9.17, 15) is 38.8 Å². The van der Waals surface area contributed by atoms with E-state index in [2.05, 4.69) is 5.09 Å². The Morgan fingerprint density at radius 1 is 0.869 bits per heavy atom. The van der Waals surface area contributed by atoms with Crippen LogP contribution in [-0.2, 0) is 56.7 Å². The van der Waals surface area contributed by atoms with Gasteiger partial charge in [0.1, 0.15) is 36.2 Å². The maximum absolute atomic E-state index is 14.3. The second-order valence-electron chi connectivity index (χ2n) is 15.2. The number of carbonyl (C=O) groups is 5. The number of allylic oxidation sites excluding steroid dienone is 2. The fraction of sp³-hybridized carbons (Fsp3) is 0.548. The minimum absolute atomic E-state index is 0. The van der Waals surface area contributed by atoms with Crippen LogP contribution < -0.4 is 9.61 Å². The van der Waals surface area contributed by atoms with E-state index in [1.54, 1.807) is 52.1 Å². The summed E-state index contributed by atoms with van der Waals surface area (Å²) in [6.07, 6.45) is -3.18. The van der Waals surface area contributed by atoms with Crippen molar-refractivity contribution in [3.63, 3.8) is 0 Å². The molecular formula is C42H70N3O15P. The summed E-state index contributed by atoms with van der Waals surface area (Å²) in [5.74, 6) is -1.87. The van der Waals surface area contributed by atoms with Crippen LogP contribution in [0.25, 0.3) is 10.8 Å². The summed E-state index contributed by atoms with van der Waals surface area (Å²) in [5.41, 5.74) is 0. The Morgan fingerprint density at radius 2 is 1.41 bits per heavy atom. The van der Waals surface area contributed by atoms with Crippen LogP contribution in [0.1, 0.15) is 79.6 Å². The van der Waals surface area contributed by atoms with Gasteiger partial charge in [-0.25, -0.2) is 4.57 Å². The van der Waals surface area contributed by atoms with E-state index in [0.717, 1.165) is 5.39 Å². The highest BCUT2D eigenvalue weighted by atomic mass is 31.2. The first-order chi connectivity index (χ1) is 34.4. The third-order valence-electron chi connectivity index (χ3n) is 10.3. The summed E-state index contributed by atoms with van der Waals surface area (Å²) in [6.45, 7) is 9.91. The van der Waals surface area contributed by atoms with Crippen molar-refractivity contribution in [2.75, 3.05) is 14.2 Å². The molecule has 6 rings (SSSR count). The van der Waals surface area contributed by atoms with Crippen molar-refractivity contribution in [2.24, 2.45) is 5.92 Å². The van der Waals surface area contributed by atoms with Gasteiger partial charge in [0.15, 0.2) is 24.0 Å². The van der Waals surface area contributed by atoms with Crippen molar-refractivity contribution in [1.82, 2.24) is 14.9 Å². The van der Waals surface area contributed by atoms with E-state index in [1.807, 2.05) is 25.1 Å². The Morgan fingerprint density at radius 3 is 1.95 bits per heavy atom. The number of aliphatic hydroxyl groups excluding tert-OH is 2. The minimum atomic E-state index is -4.36. The van der Waals surface area contributed by atoms with Crippen LogP contribution in [0.2, 0.25) is 0 Å². The normalized spacial score (nSPS) is 29.6. The Labute approximate surface area is 374 Å². The van der Waals surface area contributed by atoms with Gasteiger partial charge in [0, 0.05) is 55.7 Å². The quantitative estimate of drug-likeness (QED) is 0.125. The molecule has 4 unspecified atom stereocenters. The van der Waals surface area contributed by atoms with E-state index in [-0.39, 0.29) is 55.5 Å². The maximum atomic E-state index is 14.3. The first-order valence-electron chi connectivity index (χ1n) is 25.6. The second kappa shape index (κ2) is 21.1. The number of ketones is 2. The summed E-state index contributed by atoms with van der Waals surface area (Å²) in [7, 11) is -1.46. The molecule has 18 nitrogen and oxygen atoms in total. The Balaban J connectivity index is -0.00000128. The lowest BCUT2D eigenvalue weighted by Crippen LogP contribution is -2.47. The molecule has 2 saturated heterocycles. The van der Waals surface area contributed by atoms with Crippen molar-refractivity contribution >= 4 is 47.9 Å². The number of esters is 1. The number of rotatable bonds is 14.